The average molecular weight is 217 g/mol. The maximum absolute atomic E-state index is 10.5. The quantitative estimate of drug-likeness (QED) is 0.620. The van der Waals surface area contributed by atoms with Gasteiger partial charge in [-0.25, -0.2) is 4.98 Å². The number of H-pyrrole nitrogens is 1. The van der Waals surface area contributed by atoms with E-state index in [1.807, 2.05) is 13.8 Å². The smallest absolute Gasteiger partial charge is 0.269 e. The van der Waals surface area contributed by atoms with Crippen LogP contribution in [-0.4, -0.2) is 14.9 Å². The highest BCUT2D eigenvalue weighted by Gasteiger charge is 2.08. The lowest BCUT2D eigenvalue weighted by molar-refractivity contribution is -0.384. The summed E-state index contributed by atoms with van der Waals surface area (Å²) in [4.78, 5) is 17.5. The second-order valence-corrected chi connectivity index (χ2v) is 3.60. The molecule has 1 aromatic carbocycles. The number of nitro groups is 1. The first kappa shape index (κ1) is 10.4. The van der Waals surface area contributed by atoms with Crippen LogP contribution in [0.25, 0.3) is 11.4 Å². The zero-order chi connectivity index (χ0) is 11.7. The summed E-state index contributed by atoms with van der Waals surface area (Å²) in [5.41, 5.74) is 2.88. The maximum Gasteiger partial charge on any atom is 0.269 e. The molecule has 16 heavy (non-hydrogen) atoms. The number of nitrogens with zero attached hydrogens (tertiary/aromatic N) is 2. The molecule has 5 nitrogen and oxygen atoms in total. The van der Waals surface area contributed by atoms with E-state index in [1.54, 1.807) is 12.1 Å². The van der Waals surface area contributed by atoms with Gasteiger partial charge in [0.1, 0.15) is 5.82 Å². The van der Waals surface area contributed by atoms with E-state index in [4.69, 9.17) is 0 Å². The molecule has 1 N–H and O–H groups in total. The molecule has 0 unspecified atom stereocenters. The van der Waals surface area contributed by atoms with Gasteiger partial charge in [-0.2, -0.15) is 0 Å². The minimum Gasteiger partial charge on any atom is -0.342 e. The van der Waals surface area contributed by atoms with Gasteiger partial charge in [-0.1, -0.05) is 0 Å². The summed E-state index contributed by atoms with van der Waals surface area (Å²) in [6, 6.07) is 6.33. The average Bonchev–Trinajstić information content (AvgIpc) is 2.59. The van der Waals surface area contributed by atoms with Gasteiger partial charge in [0.05, 0.1) is 10.6 Å². The first-order valence-electron chi connectivity index (χ1n) is 4.86. The first-order valence-corrected chi connectivity index (χ1v) is 4.86. The zero-order valence-electron chi connectivity index (χ0n) is 9.02. The summed E-state index contributed by atoms with van der Waals surface area (Å²) in [6.07, 6.45) is 0. The lowest BCUT2D eigenvalue weighted by atomic mass is 10.2. The predicted molar refractivity (Wildman–Crippen MR) is 60.2 cm³/mol. The highest BCUT2D eigenvalue weighted by atomic mass is 16.6. The molecule has 5 heteroatoms. The third kappa shape index (κ3) is 1.79. The van der Waals surface area contributed by atoms with Crippen molar-refractivity contribution < 1.29 is 4.92 Å². The first-order chi connectivity index (χ1) is 7.58. The minimum absolute atomic E-state index is 0.0868. The Labute approximate surface area is 92.3 Å². The Morgan fingerprint density at radius 3 is 2.31 bits per heavy atom. The van der Waals surface area contributed by atoms with Gasteiger partial charge < -0.3 is 4.98 Å². The number of nitro benzene ring substituents is 1. The van der Waals surface area contributed by atoms with Crippen molar-refractivity contribution in [1.29, 1.82) is 0 Å². The number of hydrogen-bond acceptors (Lipinski definition) is 3. The Balaban J connectivity index is 2.38. The minimum atomic E-state index is -0.414. The second kappa shape index (κ2) is 3.77. The van der Waals surface area contributed by atoms with Crippen LogP contribution in [0, 0.1) is 24.0 Å². The van der Waals surface area contributed by atoms with E-state index < -0.39 is 4.92 Å². The molecule has 0 saturated heterocycles. The molecule has 82 valence electrons. The van der Waals surface area contributed by atoms with Crippen molar-refractivity contribution in [3.8, 4) is 11.4 Å². The van der Waals surface area contributed by atoms with Crippen LogP contribution < -0.4 is 0 Å². The van der Waals surface area contributed by atoms with Crippen molar-refractivity contribution >= 4 is 5.69 Å². The van der Waals surface area contributed by atoms with Crippen LogP contribution in [0.1, 0.15) is 11.4 Å². The fourth-order valence-corrected chi connectivity index (χ4v) is 1.43. The van der Waals surface area contributed by atoms with Crippen LogP contribution in [0.3, 0.4) is 0 Å². The van der Waals surface area contributed by atoms with Gasteiger partial charge in [-0.05, 0) is 26.0 Å². The third-order valence-electron chi connectivity index (χ3n) is 2.48. The molecule has 0 atom stereocenters. The highest BCUT2D eigenvalue weighted by molar-refractivity contribution is 5.58. The van der Waals surface area contributed by atoms with E-state index in [9.17, 15) is 10.1 Å². The summed E-state index contributed by atoms with van der Waals surface area (Å²) < 4.78 is 0. The SMILES string of the molecule is Cc1nc(-c2ccc([N+](=O)[O-])cc2)[nH]c1C. The van der Waals surface area contributed by atoms with Gasteiger partial charge in [0.15, 0.2) is 0 Å². The third-order valence-corrected chi connectivity index (χ3v) is 2.48. The summed E-state index contributed by atoms with van der Waals surface area (Å²) in [5, 5.41) is 10.5. The molecule has 0 spiro atoms. The fourth-order valence-electron chi connectivity index (χ4n) is 1.43. The summed E-state index contributed by atoms with van der Waals surface area (Å²) in [6.45, 7) is 3.86. The molecule has 0 amide bonds. The summed E-state index contributed by atoms with van der Waals surface area (Å²) >= 11 is 0. The molecule has 0 aliphatic heterocycles. The highest BCUT2D eigenvalue weighted by Crippen LogP contribution is 2.20. The van der Waals surface area contributed by atoms with E-state index in [-0.39, 0.29) is 5.69 Å². The molecule has 0 bridgehead atoms. The van der Waals surface area contributed by atoms with E-state index in [2.05, 4.69) is 9.97 Å². The van der Waals surface area contributed by atoms with Crippen molar-refractivity contribution in [2.24, 2.45) is 0 Å². The van der Waals surface area contributed by atoms with Gasteiger partial charge in [-0.3, -0.25) is 10.1 Å². The van der Waals surface area contributed by atoms with Crippen LogP contribution in [-0.2, 0) is 0 Å². The fraction of sp³-hybridized carbons (Fsp3) is 0.182. The molecule has 0 aliphatic carbocycles. The van der Waals surface area contributed by atoms with Gasteiger partial charge in [0.25, 0.3) is 5.69 Å². The van der Waals surface area contributed by atoms with Crippen LogP contribution in [0.5, 0.6) is 0 Å². The number of nitrogens with one attached hydrogen (secondary N) is 1. The number of hydrogen-bond donors (Lipinski definition) is 1. The van der Waals surface area contributed by atoms with E-state index in [0.717, 1.165) is 22.8 Å². The molecule has 2 aromatic rings. The Kier molecular flexibility index (Phi) is 2.44. The number of aryl methyl sites for hydroxylation is 2. The molecular formula is C11H11N3O2. The molecular weight excluding hydrogens is 206 g/mol. The van der Waals surface area contributed by atoms with Crippen LogP contribution in [0.15, 0.2) is 24.3 Å². The monoisotopic (exact) mass is 217 g/mol. The van der Waals surface area contributed by atoms with Gasteiger partial charge in [-0.15, -0.1) is 0 Å². The number of imidazole rings is 1. The lowest BCUT2D eigenvalue weighted by Crippen LogP contribution is -1.87. The number of benzene rings is 1. The Bertz CT molecular complexity index is 509. The standard InChI is InChI=1S/C11H11N3O2/c1-7-8(2)13-11(12-7)9-3-5-10(6-4-9)14(15)16/h3-6H,1-2H3,(H,12,13). The number of aromatic nitrogens is 2. The van der Waals surface area contributed by atoms with Crippen molar-refractivity contribution in [3.05, 3.63) is 45.8 Å². The molecule has 1 heterocycles. The van der Waals surface area contributed by atoms with Crippen molar-refractivity contribution in [1.82, 2.24) is 9.97 Å². The van der Waals surface area contributed by atoms with Gasteiger partial charge in [0, 0.05) is 23.4 Å². The number of non-ortho nitro benzene ring substituents is 1. The zero-order valence-corrected chi connectivity index (χ0v) is 9.02. The van der Waals surface area contributed by atoms with Gasteiger partial charge in [0.2, 0.25) is 0 Å². The Hall–Kier alpha value is -2.17. The topological polar surface area (TPSA) is 71.8 Å². The molecule has 0 aliphatic rings. The van der Waals surface area contributed by atoms with Crippen LogP contribution in [0.2, 0.25) is 0 Å². The van der Waals surface area contributed by atoms with E-state index in [1.165, 1.54) is 12.1 Å². The molecule has 0 fully saturated rings. The molecule has 0 radical (unpaired) electrons. The second-order valence-electron chi connectivity index (χ2n) is 3.60. The molecule has 1 aromatic heterocycles. The summed E-state index contributed by atoms with van der Waals surface area (Å²) in [7, 11) is 0. The number of aromatic amines is 1. The summed E-state index contributed by atoms with van der Waals surface area (Å²) in [5.74, 6) is 0.741. The maximum atomic E-state index is 10.5. The Morgan fingerprint density at radius 1 is 1.25 bits per heavy atom. The van der Waals surface area contributed by atoms with Crippen molar-refractivity contribution in [2.45, 2.75) is 13.8 Å². The van der Waals surface area contributed by atoms with E-state index >= 15 is 0 Å². The largest absolute Gasteiger partial charge is 0.342 e. The normalized spacial score (nSPS) is 10.4. The van der Waals surface area contributed by atoms with Crippen LogP contribution >= 0.6 is 0 Å². The Morgan fingerprint density at radius 2 is 1.88 bits per heavy atom. The lowest BCUT2D eigenvalue weighted by Gasteiger charge is -1.95. The molecule has 0 saturated carbocycles. The van der Waals surface area contributed by atoms with E-state index in [0.29, 0.717) is 0 Å². The van der Waals surface area contributed by atoms with Gasteiger partial charge >= 0.3 is 0 Å². The predicted octanol–water partition coefficient (Wildman–Crippen LogP) is 2.60. The van der Waals surface area contributed by atoms with Crippen molar-refractivity contribution in [2.75, 3.05) is 0 Å². The van der Waals surface area contributed by atoms with Crippen molar-refractivity contribution in [3.63, 3.8) is 0 Å². The molecule has 2 rings (SSSR count). The van der Waals surface area contributed by atoms with Crippen LogP contribution in [0.4, 0.5) is 5.69 Å². The number of rotatable bonds is 2.